The minimum absolute atomic E-state index is 0.241. The van der Waals surface area contributed by atoms with E-state index in [0.717, 1.165) is 44.2 Å². The van der Waals surface area contributed by atoms with Gasteiger partial charge >= 0.3 is 6.09 Å². The number of alkyl halides is 3. The van der Waals surface area contributed by atoms with Crippen LogP contribution in [-0.2, 0) is 14.9 Å². The van der Waals surface area contributed by atoms with Gasteiger partial charge in [-0.15, -0.1) is 0 Å². The Labute approximate surface area is 209 Å². The van der Waals surface area contributed by atoms with E-state index >= 15 is 0 Å². The van der Waals surface area contributed by atoms with Gasteiger partial charge in [0.1, 0.15) is 24.8 Å². The summed E-state index contributed by atoms with van der Waals surface area (Å²) in [6, 6.07) is 9.31. The largest absolute Gasteiger partial charge is 0.492 e. The van der Waals surface area contributed by atoms with E-state index in [0.29, 0.717) is 18.2 Å². The van der Waals surface area contributed by atoms with Crippen molar-refractivity contribution in [3.8, 4) is 11.4 Å². The zero-order valence-corrected chi connectivity index (χ0v) is 21.2. The van der Waals surface area contributed by atoms with Gasteiger partial charge in [-0.05, 0) is 12.1 Å². The summed E-state index contributed by atoms with van der Waals surface area (Å²) in [5.74, 6) is 1.14. The Bertz CT molecular complexity index is 934. The molecule has 0 atom stereocenters. The Balaban J connectivity index is 1.74. The molecule has 1 fully saturated rings. The summed E-state index contributed by atoms with van der Waals surface area (Å²) in [4.78, 5) is 14.6. The Morgan fingerprint density at radius 1 is 1.18 bits per heavy atom. The molecular formula is C22H29Cl3N4O4. The van der Waals surface area contributed by atoms with Gasteiger partial charge in [-0.2, -0.15) is 5.10 Å². The van der Waals surface area contributed by atoms with Crippen molar-refractivity contribution in [3.63, 3.8) is 0 Å². The van der Waals surface area contributed by atoms with E-state index in [2.05, 4.69) is 10.2 Å². The number of amides is 1. The van der Waals surface area contributed by atoms with Crippen molar-refractivity contribution in [1.82, 2.24) is 14.7 Å². The lowest BCUT2D eigenvalue weighted by atomic mass is 9.92. The summed E-state index contributed by atoms with van der Waals surface area (Å²) < 4.78 is 16.3. The second-order valence-electron chi connectivity index (χ2n) is 8.69. The SMILES string of the molecule is CC(C)(C)c1cc(NC(=O)OCC(Cl)(Cl)Cl)n(-c2cccc(OCCN3CCOCC3)c2)n1. The molecular weight excluding hydrogens is 491 g/mol. The van der Waals surface area contributed by atoms with Gasteiger partial charge in [0, 0.05) is 37.2 Å². The first-order valence-corrected chi connectivity index (χ1v) is 11.8. The van der Waals surface area contributed by atoms with Crippen molar-refractivity contribution in [2.75, 3.05) is 51.4 Å². The summed E-state index contributed by atoms with van der Waals surface area (Å²) in [6.07, 6.45) is -0.749. The number of rotatable bonds is 7. The number of nitrogens with zero attached hydrogens (tertiary/aromatic N) is 3. The number of nitrogens with one attached hydrogen (secondary N) is 1. The average molecular weight is 520 g/mol. The predicted molar refractivity (Wildman–Crippen MR) is 130 cm³/mol. The van der Waals surface area contributed by atoms with Gasteiger partial charge in [-0.3, -0.25) is 10.2 Å². The molecule has 0 radical (unpaired) electrons. The van der Waals surface area contributed by atoms with E-state index in [1.807, 2.05) is 45.0 Å². The predicted octanol–water partition coefficient (Wildman–Crippen LogP) is 4.80. The van der Waals surface area contributed by atoms with E-state index in [9.17, 15) is 4.79 Å². The van der Waals surface area contributed by atoms with Crippen LogP contribution in [0.25, 0.3) is 5.69 Å². The van der Waals surface area contributed by atoms with Crippen molar-refractivity contribution in [1.29, 1.82) is 0 Å². The molecule has 8 nitrogen and oxygen atoms in total. The van der Waals surface area contributed by atoms with E-state index in [-0.39, 0.29) is 12.0 Å². The van der Waals surface area contributed by atoms with Gasteiger partial charge in [-0.1, -0.05) is 61.6 Å². The Kier molecular flexibility index (Phi) is 8.75. The summed E-state index contributed by atoms with van der Waals surface area (Å²) >= 11 is 17.0. The minimum atomic E-state index is -1.69. The van der Waals surface area contributed by atoms with Crippen molar-refractivity contribution in [3.05, 3.63) is 36.0 Å². The second kappa shape index (κ2) is 11.1. The number of aromatic nitrogens is 2. The molecule has 0 aliphatic carbocycles. The van der Waals surface area contributed by atoms with Crippen LogP contribution in [-0.4, -0.2) is 70.6 Å². The third-order valence-electron chi connectivity index (χ3n) is 4.92. The molecule has 0 saturated carbocycles. The first kappa shape index (κ1) is 25.9. The van der Waals surface area contributed by atoms with Crippen LogP contribution in [0.4, 0.5) is 10.6 Å². The molecule has 1 aliphatic heterocycles. The summed E-state index contributed by atoms with van der Waals surface area (Å²) in [7, 11) is 0. The van der Waals surface area contributed by atoms with E-state index in [1.165, 1.54) is 0 Å². The van der Waals surface area contributed by atoms with Crippen LogP contribution < -0.4 is 10.1 Å². The molecule has 1 aromatic carbocycles. The maximum Gasteiger partial charge on any atom is 0.412 e. The van der Waals surface area contributed by atoms with Gasteiger partial charge in [0.15, 0.2) is 0 Å². The lowest BCUT2D eigenvalue weighted by Gasteiger charge is -2.26. The fourth-order valence-corrected chi connectivity index (χ4v) is 3.31. The fourth-order valence-electron chi connectivity index (χ4n) is 3.14. The molecule has 1 saturated heterocycles. The molecule has 33 heavy (non-hydrogen) atoms. The lowest BCUT2D eigenvalue weighted by Crippen LogP contribution is -2.38. The van der Waals surface area contributed by atoms with Crippen LogP contribution in [0.15, 0.2) is 30.3 Å². The highest BCUT2D eigenvalue weighted by molar-refractivity contribution is 6.67. The molecule has 1 aromatic heterocycles. The number of hydrogen-bond donors (Lipinski definition) is 1. The van der Waals surface area contributed by atoms with Gasteiger partial charge < -0.3 is 14.2 Å². The van der Waals surface area contributed by atoms with Crippen molar-refractivity contribution in [2.24, 2.45) is 0 Å². The highest BCUT2D eigenvalue weighted by Gasteiger charge is 2.25. The molecule has 2 heterocycles. The highest BCUT2D eigenvalue weighted by atomic mass is 35.6. The molecule has 0 unspecified atom stereocenters. The van der Waals surface area contributed by atoms with Crippen LogP contribution >= 0.6 is 34.8 Å². The first-order chi connectivity index (χ1) is 15.5. The topological polar surface area (TPSA) is 77.8 Å². The van der Waals surface area contributed by atoms with E-state index in [4.69, 9.17) is 54.1 Å². The Hall–Kier alpha value is -1.71. The number of hydrogen-bond acceptors (Lipinski definition) is 6. The molecule has 1 N–H and O–H groups in total. The van der Waals surface area contributed by atoms with Crippen LogP contribution in [0.3, 0.4) is 0 Å². The molecule has 2 aromatic rings. The zero-order chi connectivity index (χ0) is 24.1. The number of carbonyl (C=O) groups is 1. The van der Waals surface area contributed by atoms with Crippen LogP contribution in [0, 0.1) is 0 Å². The van der Waals surface area contributed by atoms with Crippen LogP contribution in [0.5, 0.6) is 5.75 Å². The molecule has 11 heteroatoms. The summed E-state index contributed by atoms with van der Waals surface area (Å²) in [6.45, 7) is 10.5. The Morgan fingerprint density at radius 3 is 2.58 bits per heavy atom. The molecule has 1 aliphatic rings. The second-order valence-corrected chi connectivity index (χ2v) is 11.2. The molecule has 3 rings (SSSR count). The highest BCUT2D eigenvalue weighted by Crippen LogP contribution is 2.29. The average Bonchev–Trinajstić information content (AvgIpc) is 3.17. The normalized spacial score (nSPS) is 15.3. The number of anilines is 1. The number of halogens is 3. The molecule has 0 bridgehead atoms. The molecule has 182 valence electrons. The van der Waals surface area contributed by atoms with Crippen LogP contribution in [0.1, 0.15) is 26.5 Å². The standard InChI is InChI=1S/C22H29Cl3N4O4/c1-21(2,3)18-14-19(26-20(30)33-15-22(23,24)25)29(27-18)16-5-4-6-17(13-16)32-12-9-28-7-10-31-11-8-28/h4-6,13-14H,7-12,15H2,1-3H3,(H,26,30). The number of ether oxygens (including phenoxy) is 3. The third-order valence-corrected chi connectivity index (χ3v) is 5.24. The van der Waals surface area contributed by atoms with Gasteiger partial charge in [0.25, 0.3) is 0 Å². The van der Waals surface area contributed by atoms with Crippen molar-refractivity contribution in [2.45, 2.75) is 30.0 Å². The van der Waals surface area contributed by atoms with E-state index < -0.39 is 9.89 Å². The van der Waals surface area contributed by atoms with Gasteiger partial charge in [0.05, 0.1) is 24.6 Å². The smallest absolute Gasteiger partial charge is 0.412 e. The zero-order valence-electron chi connectivity index (χ0n) is 18.9. The monoisotopic (exact) mass is 518 g/mol. The third kappa shape index (κ3) is 8.22. The number of benzene rings is 1. The van der Waals surface area contributed by atoms with Crippen LogP contribution in [0.2, 0.25) is 0 Å². The quantitative estimate of drug-likeness (QED) is 0.530. The number of morpholine rings is 1. The van der Waals surface area contributed by atoms with Crippen molar-refractivity contribution >= 4 is 46.7 Å². The summed E-state index contributed by atoms with van der Waals surface area (Å²) in [5.41, 5.74) is 1.28. The fraction of sp³-hybridized carbons (Fsp3) is 0.545. The van der Waals surface area contributed by atoms with Gasteiger partial charge in [-0.25, -0.2) is 9.48 Å². The first-order valence-electron chi connectivity index (χ1n) is 10.7. The molecule has 1 amide bonds. The minimum Gasteiger partial charge on any atom is -0.492 e. The summed E-state index contributed by atoms with van der Waals surface area (Å²) in [5, 5.41) is 7.38. The van der Waals surface area contributed by atoms with E-state index in [1.54, 1.807) is 10.7 Å². The lowest BCUT2D eigenvalue weighted by molar-refractivity contribution is 0.0322. The maximum absolute atomic E-state index is 12.3. The maximum atomic E-state index is 12.3. The van der Waals surface area contributed by atoms with Gasteiger partial charge in [0.2, 0.25) is 3.79 Å². The number of carbonyl (C=O) groups excluding carboxylic acids is 1. The molecule has 0 spiro atoms. The Morgan fingerprint density at radius 2 is 1.91 bits per heavy atom. The van der Waals surface area contributed by atoms with Crippen molar-refractivity contribution < 1.29 is 19.0 Å².